The number of nitro benzene ring substituents is 1. The molecule has 160 valence electrons. The normalized spacial score (nSPS) is 15.1. The van der Waals surface area contributed by atoms with Gasteiger partial charge in [-0.15, -0.1) is 10.2 Å². The maximum absolute atomic E-state index is 12.9. The van der Waals surface area contributed by atoms with Gasteiger partial charge in [-0.1, -0.05) is 35.9 Å². The van der Waals surface area contributed by atoms with Crippen molar-refractivity contribution in [3.8, 4) is 11.3 Å². The molecular weight excluding hydrogens is 418 g/mol. The van der Waals surface area contributed by atoms with Crippen molar-refractivity contribution in [1.82, 2.24) is 14.5 Å². The Bertz CT molecular complexity index is 1190. The largest absolute Gasteiger partial charge is 0.352 e. The molecule has 9 nitrogen and oxygen atoms in total. The van der Waals surface area contributed by atoms with Gasteiger partial charge in [0.05, 0.1) is 15.5 Å². The number of hydrogen-bond acceptors (Lipinski definition) is 7. The first-order valence-electron chi connectivity index (χ1n) is 9.75. The molecule has 0 amide bonds. The third-order valence-electron chi connectivity index (χ3n) is 5.23. The number of anilines is 1. The summed E-state index contributed by atoms with van der Waals surface area (Å²) in [5.74, 6) is 0.684. The van der Waals surface area contributed by atoms with Crippen LogP contribution in [0, 0.1) is 17.0 Å². The van der Waals surface area contributed by atoms with Gasteiger partial charge in [0.15, 0.2) is 5.82 Å². The molecule has 1 saturated heterocycles. The van der Waals surface area contributed by atoms with Gasteiger partial charge in [-0.05, 0) is 25.1 Å². The highest BCUT2D eigenvalue weighted by molar-refractivity contribution is 7.89. The van der Waals surface area contributed by atoms with Crippen LogP contribution < -0.4 is 4.90 Å². The molecule has 4 rings (SSSR count). The summed E-state index contributed by atoms with van der Waals surface area (Å²) in [5.41, 5.74) is 2.68. The SMILES string of the molecule is Cc1ccc(-c2ccc(N3CCN(S(=O)(=O)c4cccc([N+](=O)[O-])c4)CC3)nn2)cc1. The zero-order chi connectivity index (χ0) is 22.0. The van der Waals surface area contributed by atoms with E-state index in [1.54, 1.807) is 0 Å². The number of aryl methyl sites for hydroxylation is 1. The standard InChI is InChI=1S/C21H21N5O4S/c1-16-5-7-17(8-6-16)20-9-10-21(23-22-20)24-11-13-25(14-12-24)31(29,30)19-4-2-3-18(15-19)26(27)28/h2-10,15H,11-14H2,1H3. The lowest BCUT2D eigenvalue weighted by molar-refractivity contribution is -0.385. The lowest BCUT2D eigenvalue weighted by Crippen LogP contribution is -2.49. The number of piperazine rings is 1. The number of hydrogen-bond donors (Lipinski definition) is 0. The number of benzene rings is 2. The molecule has 1 aliphatic heterocycles. The molecule has 2 heterocycles. The molecule has 31 heavy (non-hydrogen) atoms. The molecule has 0 atom stereocenters. The van der Waals surface area contributed by atoms with Crippen molar-refractivity contribution < 1.29 is 13.3 Å². The molecule has 0 saturated carbocycles. The Labute approximate surface area is 180 Å². The zero-order valence-corrected chi connectivity index (χ0v) is 17.7. The van der Waals surface area contributed by atoms with Crippen LogP contribution in [0.4, 0.5) is 11.5 Å². The fraction of sp³-hybridized carbons (Fsp3) is 0.238. The van der Waals surface area contributed by atoms with E-state index in [0.29, 0.717) is 18.9 Å². The summed E-state index contributed by atoms with van der Waals surface area (Å²) in [4.78, 5) is 12.3. The second kappa shape index (κ2) is 8.40. The highest BCUT2D eigenvalue weighted by Crippen LogP contribution is 2.24. The van der Waals surface area contributed by atoms with Crippen molar-refractivity contribution in [2.75, 3.05) is 31.1 Å². The van der Waals surface area contributed by atoms with Crippen LogP contribution in [0.25, 0.3) is 11.3 Å². The number of non-ortho nitro benzene ring substituents is 1. The maximum atomic E-state index is 12.9. The third kappa shape index (κ3) is 4.39. The molecule has 1 aliphatic rings. The summed E-state index contributed by atoms with van der Waals surface area (Å²) < 4.78 is 27.1. The van der Waals surface area contributed by atoms with Crippen molar-refractivity contribution in [2.24, 2.45) is 0 Å². The van der Waals surface area contributed by atoms with E-state index in [1.165, 1.54) is 28.1 Å². The van der Waals surface area contributed by atoms with Crippen LogP contribution >= 0.6 is 0 Å². The van der Waals surface area contributed by atoms with Gasteiger partial charge < -0.3 is 4.90 Å². The molecule has 0 spiro atoms. The molecule has 1 fully saturated rings. The lowest BCUT2D eigenvalue weighted by Gasteiger charge is -2.34. The van der Waals surface area contributed by atoms with E-state index >= 15 is 0 Å². The van der Waals surface area contributed by atoms with Gasteiger partial charge in [0.1, 0.15) is 0 Å². The van der Waals surface area contributed by atoms with Crippen molar-refractivity contribution in [1.29, 1.82) is 0 Å². The van der Waals surface area contributed by atoms with E-state index in [0.717, 1.165) is 17.3 Å². The topological polar surface area (TPSA) is 110 Å². The summed E-state index contributed by atoms with van der Waals surface area (Å²) in [6, 6.07) is 16.9. The number of aromatic nitrogens is 2. The first-order chi connectivity index (χ1) is 14.8. The van der Waals surface area contributed by atoms with E-state index in [9.17, 15) is 18.5 Å². The molecule has 10 heteroatoms. The van der Waals surface area contributed by atoms with Gasteiger partial charge in [-0.2, -0.15) is 4.31 Å². The average Bonchev–Trinajstić information content (AvgIpc) is 2.80. The first kappa shape index (κ1) is 20.9. The second-order valence-electron chi connectivity index (χ2n) is 7.29. The summed E-state index contributed by atoms with van der Waals surface area (Å²) in [6.45, 7) is 3.44. The highest BCUT2D eigenvalue weighted by Gasteiger charge is 2.30. The van der Waals surface area contributed by atoms with Crippen LogP contribution in [0.2, 0.25) is 0 Å². The molecule has 0 radical (unpaired) electrons. The van der Waals surface area contributed by atoms with Crippen LogP contribution in [0.1, 0.15) is 5.56 Å². The predicted molar refractivity (Wildman–Crippen MR) is 116 cm³/mol. The Balaban J connectivity index is 1.44. The van der Waals surface area contributed by atoms with Crippen molar-refractivity contribution in [2.45, 2.75) is 11.8 Å². The van der Waals surface area contributed by atoms with E-state index in [4.69, 9.17) is 0 Å². The number of sulfonamides is 1. The minimum atomic E-state index is -3.80. The molecular formula is C21H21N5O4S. The van der Waals surface area contributed by atoms with Gasteiger partial charge in [-0.3, -0.25) is 10.1 Å². The van der Waals surface area contributed by atoms with Gasteiger partial charge >= 0.3 is 0 Å². The Kier molecular flexibility index (Phi) is 5.66. The van der Waals surface area contributed by atoms with Crippen LogP contribution in [0.5, 0.6) is 0 Å². The fourth-order valence-corrected chi connectivity index (χ4v) is 4.90. The smallest absolute Gasteiger partial charge is 0.270 e. The molecule has 0 unspecified atom stereocenters. The van der Waals surface area contributed by atoms with Gasteiger partial charge in [0.2, 0.25) is 10.0 Å². The number of nitrogens with zero attached hydrogens (tertiary/aromatic N) is 5. The van der Waals surface area contributed by atoms with Gasteiger partial charge in [0.25, 0.3) is 5.69 Å². The quantitative estimate of drug-likeness (QED) is 0.444. The Morgan fingerprint density at radius 1 is 0.935 bits per heavy atom. The highest BCUT2D eigenvalue weighted by atomic mass is 32.2. The van der Waals surface area contributed by atoms with Crippen molar-refractivity contribution in [3.63, 3.8) is 0 Å². The molecule has 0 N–H and O–H groups in total. The van der Waals surface area contributed by atoms with Crippen LogP contribution in [-0.4, -0.2) is 54.0 Å². The summed E-state index contributed by atoms with van der Waals surface area (Å²) in [5, 5.41) is 19.6. The number of rotatable bonds is 5. The first-order valence-corrected chi connectivity index (χ1v) is 11.2. The summed E-state index contributed by atoms with van der Waals surface area (Å²) >= 11 is 0. The van der Waals surface area contributed by atoms with E-state index in [-0.39, 0.29) is 23.7 Å². The van der Waals surface area contributed by atoms with Gasteiger partial charge in [-0.25, -0.2) is 8.42 Å². The summed E-state index contributed by atoms with van der Waals surface area (Å²) in [6.07, 6.45) is 0. The minimum absolute atomic E-state index is 0.0719. The number of nitro groups is 1. The van der Waals surface area contributed by atoms with Crippen LogP contribution in [0.15, 0.2) is 65.6 Å². The van der Waals surface area contributed by atoms with Crippen LogP contribution in [-0.2, 0) is 10.0 Å². The molecule has 0 aliphatic carbocycles. The minimum Gasteiger partial charge on any atom is -0.352 e. The molecule has 3 aromatic rings. The summed E-state index contributed by atoms with van der Waals surface area (Å²) in [7, 11) is -3.80. The lowest BCUT2D eigenvalue weighted by atomic mass is 10.1. The van der Waals surface area contributed by atoms with Gasteiger partial charge in [0, 0.05) is 43.9 Å². The van der Waals surface area contributed by atoms with Crippen molar-refractivity contribution in [3.05, 3.63) is 76.3 Å². The zero-order valence-electron chi connectivity index (χ0n) is 16.9. The van der Waals surface area contributed by atoms with E-state index in [1.807, 2.05) is 48.2 Å². The Morgan fingerprint density at radius 3 is 2.26 bits per heavy atom. The molecule has 2 aromatic carbocycles. The third-order valence-corrected chi connectivity index (χ3v) is 7.12. The van der Waals surface area contributed by atoms with Crippen molar-refractivity contribution >= 4 is 21.5 Å². The monoisotopic (exact) mass is 439 g/mol. The molecule has 1 aromatic heterocycles. The van der Waals surface area contributed by atoms with E-state index < -0.39 is 14.9 Å². The maximum Gasteiger partial charge on any atom is 0.270 e. The van der Waals surface area contributed by atoms with E-state index in [2.05, 4.69) is 10.2 Å². The average molecular weight is 439 g/mol. The predicted octanol–water partition coefficient (Wildman–Crippen LogP) is 2.87. The molecule has 0 bridgehead atoms. The van der Waals surface area contributed by atoms with Crippen LogP contribution in [0.3, 0.4) is 0 Å². The second-order valence-corrected chi connectivity index (χ2v) is 9.23. The Hall–Kier alpha value is -3.37. The fourth-order valence-electron chi connectivity index (χ4n) is 3.44. The Morgan fingerprint density at radius 2 is 1.65 bits per heavy atom.